The Kier molecular flexibility index (Phi) is 5.44. The normalized spacial score (nSPS) is 24.2. The highest BCUT2D eigenvalue weighted by atomic mass is 16.2. The third-order valence-corrected chi connectivity index (χ3v) is 6.68. The number of carbonyl (C=O) groups excluding carboxylic acids is 1. The Labute approximate surface area is 158 Å². The van der Waals surface area contributed by atoms with Crippen LogP contribution in [-0.2, 0) is 17.6 Å². The van der Waals surface area contributed by atoms with Gasteiger partial charge in [0.15, 0.2) is 0 Å². The number of fused-ring (bicyclic) bond motifs is 1. The van der Waals surface area contributed by atoms with Gasteiger partial charge in [0.25, 0.3) is 0 Å². The van der Waals surface area contributed by atoms with Crippen LogP contribution in [0.2, 0.25) is 0 Å². The SMILES string of the molecule is CN(C(=O)CC1=CCCCC1)[C@@H]1CCCN(C2Cc3ccccc3C2)C1. The van der Waals surface area contributed by atoms with Gasteiger partial charge in [-0.1, -0.05) is 35.9 Å². The van der Waals surface area contributed by atoms with Gasteiger partial charge in [0.1, 0.15) is 0 Å². The Hall–Kier alpha value is -1.61. The van der Waals surface area contributed by atoms with E-state index >= 15 is 0 Å². The highest BCUT2D eigenvalue weighted by Crippen LogP contribution is 2.29. The van der Waals surface area contributed by atoms with Crippen molar-refractivity contribution in [3.63, 3.8) is 0 Å². The van der Waals surface area contributed by atoms with Gasteiger partial charge in [-0.2, -0.15) is 0 Å². The molecule has 4 rings (SSSR count). The van der Waals surface area contributed by atoms with Crippen LogP contribution in [0.4, 0.5) is 0 Å². The minimum absolute atomic E-state index is 0.319. The summed E-state index contributed by atoms with van der Waals surface area (Å²) in [6, 6.07) is 9.89. The zero-order valence-corrected chi connectivity index (χ0v) is 16.1. The van der Waals surface area contributed by atoms with E-state index in [1.165, 1.54) is 55.3 Å². The fourth-order valence-electron chi connectivity index (χ4n) is 5.01. The predicted molar refractivity (Wildman–Crippen MR) is 106 cm³/mol. The molecular weight excluding hydrogens is 320 g/mol. The van der Waals surface area contributed by atoms with E-state index in [0.717, 1.165) is 25.8 Å². The molecule has 3 heteroatoms. The number of benzene rings is 1. The van der Waals surface area contributed by atoms with Gasteiger partial charge in [-0.25, -0.2) is 0 Å². The molecule has 0 saturated carbocycles. The molecule has 1 heterocycles. The molecule has 2 aliphatic carbocycles. The Morgan fingerprint density at radius 3 is 2.62 bits per heavy atom. The standard InChI is InChI=1S/C23H32N2O/c1-24(23(26)14-18-8-3-2-4-9-18)21-12-7-13-25(17-21)22-15-19-10-5-6-11-20(19)16-22/h5-6,8,10-11,21-22H,2-4,7,9,12-17H2,1H3/t21-/m1/s1. The zero-order chi connectivity index (χ0) is 17.9. The largest absolute Gasteiger partial charge is 0.341 e. The number of piperidine rings is 1. The van der Waals surface area contributed by atoms with E-state index in [-0.39, 0.29) is 0 Å². The summed E-state index contributed by atoms with van der Waals surface area (Å²) < 4.78 is 0. The summed E-state index contributed by atoms with van der Waals surface area (Å²) in [7, 11) is 2.03. The lowest BCUT2D eigenvalue weighted by Crippen LogP contribution is -2.51. The molecular formula is C23H32N2O. The Morgan fingerprint density at radius 1 is 1.15 bits per heavy atom. The van der Waals surface area contributed by atoms with Gasteiger partial charge in [0, 0.05) is 32.1 Å². The number of rotatable bonds is 4. The van der Waals surface area contributed by atoms with Crippen molar-refractivity contribution in [2.24, 2.45) is 0 Å². The highest BCUT2D eigenvalue weighted by molar-refractivity contribution is 5.78. The van der Waals surface area contributed by atoms with Crippen LogP contribution in [0.3, 0.4) is 0 Å². The molecule has 1 aromatic carbocycles. The van der Waals surface area contributed by atoms with Crippen molar-refractivity contribution in [3.05, 3.63) is 47.0 Å². The molecule has 0 radical (unpaired) electrons. The summed E-state index contributed by atoms with van der Waals surface area (Å²) in [4.78, 5) is 17.5. The smallest absolute Gasteiger partial charge is 0.226 e. The van der Waals surface area contributed by atoms with Crippen LogP contribution in [0.15, 0.2) is 35.9 Å². The van der Waals surface area contributed by atoms with E-state index in [1.54, 1.807) is 0 Å². The molecule has 1 saturated heterocycles. The molecule has 0 bridgehead atoms. The quantitative estimate of drug-likeness (QED) is 0.766. The minimum Gasteiger partial charge on any atom is -0.341 e. The predicted octanol–water partition coefficient (Wildman–Crippen LogP) is 3.97. The van der Waals surface area contributed by atoms with Gasteiger partial charge in [0.05, 0.1) is 0 Å². The number of hydrogen-bond acceptors (Lipinski definition) is 2. The van der Waals surface area contributed by atoms with Crippen LogP contribution < -0.4 is 0 Å². The summed E-state index contributed by atoms with van der Waals surface area (Å²) >= 11 is 0. The van der Waals surface area contributed by atoms with Crippen LogP contribution in [0.25, 0.3) is 0 Å². The second-order valence-corrected chi connectivity index (χ2v) is 8.41. The van der Waals surface area contributed by atoms with Gasteiger partial charge >= 0.3 is 0 Å². The molecule has 140 valence electrons. The van der Waals surface area contributed by atoms with E-state index in [2.05, 4.69) is 40.1 Å². The number of likely N-dealkylation sites (tertiary alicyclic amines) is 1. The van der Waals surface area contributed by atoms with Crippen molar-refractivity contribution >= 4 is 5.91 Å². The maximum Gasteiger partial charge on any atom is 0.226 e. The Balaban J connectivity index is 1.34. The van der Waals surface area contributed by atoms with E-state index in [1.807, 2.05) is 7.05 Å². The first-order chi connectivity index (χ1) is 12.7. The van der Waals surface area contributed by atoms with Crippen molar-refractivity contribution in [1.82, 2.24) is 9.80 Å². The van der Waals surface area contributed by atoms with E-state index in [9.17, 15) is 4.79 Å². The third kappa shape index (κ3) is 3.88. The maximum atomic E-state index is 12.8. The third-order valence-electron chi connectivity index (χ3n) is 6.68. The monoisotopic (exact) mass is 352 g/mol. The molecule has 0 aromatic heterocycles. The molecule has 1 aliphatic heterocycles. The van der Waals surface area contributed by atoms with E-state index in [0.29, 0.717) is 24.4 Å². The number of nitrogens with zero attached hydrogens (tertiary/aromatic N) is 2. The number of carbonyl (C=O) groups is 1. The summed E-state index contributed by atoms with van der Waals surface area (Å²) in [6.45, 7) is 2.22. The van der Waals surface area contributed by atoms with Crippen molar-refractivity contribution in [1.29, 1.82) is 0 Å². The van der Waals surface area contributed by atoms with Gasteiger partial charge in [-0.3, -0.25) is 9.69 Å². The van der Waals surface area contributed by atoms with Crippen molar-refractivity contribution < 1.29 is 4.79 Å². The molecule has 1 atom stereocenters. The fourth-order valence-corrected chi connectivity index (χ4v) is 5.01. The molecule has 1 amide bonds. The average Bonchev–Trinajstić information content (AvgIpc) is 3.12. The summed E-state index contributed by atoms with van der Waals surface area (Å²) in [6.07, 6.45) is 12.5. The molecule has 1 fully saturated rings. The van der Waals surface area contributed by atoms with Crippen molar-refractivity contribution in [3.8, 4) is 0 Å². The molecule has 26 heavy (non-hydrogen) atoms. The topological polar surface area (TPSA) is 23.6 Å². The Morgan fingerprint density at radius 2 is 1.92 bits per heavy atom. The molecule has 3 nitrogen and oxygen atoms in total. The van der Waals surface area contributed by atoms with E-state index < -0.39 is 0 Å². The number of allylic oxidation sites excluding steroid dienone is 1. The minimum atomic E-state index is 0.319. The average molecular weight is 353 g/mol. The summed E-state index contributed by atoms with van der Waals surface area (Å²) in [5.74, 6) is 0.319. The highest BCUT2D eigenvalue weighted by Gasteiger charge is 2.32. The van der Waals surface area contributed by atoms with Crippen LogP contribution in [0, 0.1) is 0 Å². The van der Waals surface area contributed by atoms with Crippen molar-refractivity contribution in [2.45, 2.75) is 69.9 Å². The number of likely N-dealkylation sites (N-methyl/N-ethyl adjacent to an activating group) is 1. The molecule has 3 aliphatic rings. The van der Waals surface area contributed by atoms with Crippen LogP contribution in [0.5, 0.6) is 0 Å². The lowest BCUT2D eigenvalue weighted by atomic mass is 9.96. The van der Waals surface area contributed by atoms with Gasteiger partial charge in [-0.15, -0.1) is 0 Å². The molecule has 0 spiro atoms. The van der Waals surface area contributed by atoms with Gasteiger partial charge < -0.3 is 4.90 Å². The first kappa shape index (κ1) is 17.8. The van der Waals surface area contributed by atoms with Crippen LogP contribution in [0.1, 0.15) is 56.1 Å². The lowest BCUT2D eigenvalue weighted by Gasteiger charge is -2.40. The molecule has 0 N–H and O–H groups in total. The second-order valence-electron chi connectivity index (χ2n) is 8.41. The van der Waals surface area contributed by atoms with Gasteiger partial charge in [-0.05, 0) is 69.0 Å². The first-order valence-electron chi connectivity index (χ1n) is 10.4. The lowest BCUT2D eigenvalue weighted by molar-refractivity contribution is -0.132. The van der Waals surface area contributed by atoms with E-state index in [4.69, 9.17) is 0 Å². The van der Waals surface area contributed by atoms with Crippen LogP contribution in [-0.4, -0.2) is 47.9 Å². The second kappa shape index (κ2) is 7.96. The van der Waals surface area contributed by atoms with Crippen molar-refractivity contribution in [2.75, 3.05) is 20.1 Å². The fraction of sp³-hybridized carbons (Fsp3) is 0.609. The van der Waals surface area contributed by atoms with Crippen LogP contribution >= 0.6 is 0 Å². The summed E-state index contributed by atoms with van der Waals surface area (Å²) in [5, 5.41) is 0. The Bertz CT molecular complexity index is 656. The maximum absolute atomic E-state index is 12.8. The zero-order valence-electron chi connectivity index (χ0n) is 16.1. The van der Waals surface area contributed by atoms with Gasteiger partial charge in [0.2, 0.25) is 5.91 Å². The first-order valence-corrected chi connectivity index (χ1v) is 10.4. The number of amides is 1. The summed E-state index contributed by atoms with van der Waals surface area (Å²) in [5.41, 5.74) is 4.41. The molecule has 0 unspecified atom stereocenters. The molecule has 1 aromatic rings. The number of hydrogen-bond donors (Lipinski definition) is 0.